The van der Waals surface area contributed by atoms with Crippen LogP contribution in [0.1, 0.15) is 69.8 Å². The second-order valence-corrected chi connectivity index (χ2v) is 8.36. The van der Waals surface area contributed by atoms with Crippen molar-refractivity contribution >= 4 is 41.5 Å². The number of hydrogen-bond donors (Lipinski definition) is 2. The highest BCUT2D eigenvalue weighted by molar-refractivity contribution is 14.0. The summed E-state index contributed by atoms with van der Waals surface area (Å²) in [6.07, 6.45) is 12.1. The number of carbonyl (C=O) groups is 1. The van der Waals surface area contributed by atoms with Gasteiger partial charge in [0.1, 0.15) is 0 Å². The molecular formula is C24H39IN4O2. The van der Waals surface area contributed by atoms with Gasteiger partial charge in [-0.05, 0) is 56.2 Å². The van der Waals surface area contributed by atoms with Crippen LogP contribution in [0.25, 0.3) is 0 Å². The van der Waals surface area contributed by atoms with E-state index in [1.54, 1.807) is 7.05 Å². The number of hydrogen-bond acceptors (Lipinski definition) is 3. The lowest BCUT2D eigenvalue weighted by atomic mass is 9.98. The van der Waals surface area contributed by atoms with E-state index in [0.717, 1.165) is 50.6 Å². The molecule has 6 nitrogen and oxygen atoms in total. The molecular weight excluding hydrogens is 503 g/mol. The Labute approximate surface area is 204 Å². The molecule has 1 aliphatic carbocycles. The number of halogens is 1. The molecule has 0 atom stereocenters. The van der Waals surface area contributed by atoms with E-state index in [4.69, 9.17) is 4.74 Å². The molecule has 174 valence electrons. The number of nitrogens with zero attached hydrogens (tertiary/aromatic N) is 2. The van der Waals surface area contributed by atoms with E-state index >= 15 is 0 Å². The molecule has 2 fully saturated rings. The van der Waals surface area contributed by atoms with Crippen molar-refractivity contribution in [1.82, 2.24) is 10.6 Å². The molecule has 3 rings (SSSR count). The summed E-state index contributed by atoms with van der Waals surface area (Å²) >= 11 is 0. The maximum Gasteiger partial charge on any atom is 0.227 e. The molecule has 31 heavy (non-hydrogen) atoms. The predicted molar refractivity (Wildman–Crippen MR) is 138 cm³/mol. The number of carbonyl (C=O) groups excluding carboxylic acids is 1. The van der Waals surface area contributed by atoms with Gasteiger partial charge in [-0.2, -0.15) is 0 Å². The molecule has 1 saturated heterocycles. The van der Waals surface area contributed by atoms with Crippen LogP contribution >= 0.6 is 24.0 Å². The minimum Gasteiger partial charge on any atom is -0.378 e. The molecule has 0 spiro atoms. The van der Waals surface area contributed by atoms with Crippen molar-refractivity contribution in [3.8, 4) is 0 Å². The lowest BCUT2D eigenvalue weighted by molar-refractivity contribution is -0.117. The second-order valence-electron chi connectivity index (χ2n) is 8.36. The average Bonchev–Trinajstić information content (AvgIpc) is 3.22. The van der Waals surface area contributed by atoms with Crippen molar-refractivity contribution in [2.45, 2.75) is 76.9 Å². The molecule has 1 aromatic carbocycles. The highest BCUT2D eigenvalue weighted by Crippen LogP contribution is 2.22. The Bertz CT molecular complexity index is 675. The topological polar surface area (TPSA) is 66.0 Å². The minimum atomic E-state index is 0. The van der Waals surface area contributed by atoms with E-state index in [-0.39, 0.29) is 29.9 Å². The minimum absolute atomic E-state index is 0. The van der Waals surface area contributed by atoms with Crippen molar-refractivity contribution in [2.24, 2.45) is 4.99 Å². The van der Waals surface area contributed by atoms with Gasteiger partial charge in [-0.3, -0.25) is 9.79 Å². The van der Waals surface area contributed by atoms with Gasteiger partial charge in [-0.1, -0.05) is 31.4 Å². The van der Waals surface area contributed by atoms with Gasteiger partial charge >= 0.3 is 0 Å². The summed E-state index contributed by atoms with van der Waals surface area (Å²) in [5.41, 5.74) is 2.17. The van der Waals surface area contributed by atoms with Crippen molar-refractivity contribution < 1.29 is 9.53 Å². The summed E-state index contributed by atoms with van der Waals surface area (Å²) in [7, 11) is 1.80. The van der Waals surface area contributed by atoms with Crippen molar-refractivity contribution in [1.29, 1.82) is 0 Å². The number of benzene rings is 1. The third-order valence-electron chi connectivity index (χ3n) is 6.02. The Morgan fingerprint density at radius 2 is 1.84 bits per heavy atom. The summed E-state index contributed by atoms with van der Waals surface area (Å²) < 4.78 is 5.99. The summed E-state index contributed by atoms with van der Waals surface area (Å²) in [6.45, 7) is 3.36. The van der Waals surface area contributed by atoms with Crippen LogP contribution in [0.5, 0.6) is 0 Å². The number of aliphatic imine (C=N–C) groups is 1. The fraction of sp³-hybridized carbons (Fsp3) is 0.667. The van der Waals surface area contributed by atoms with E-state index in [1.165, 1.54) is 44.1 Å². The van der Waals surface area contributed by atoms with E-state index in [0.29, 0.717) is 19.1 Å². The maximum absolute atomic E-state index is 11.9. The number of amides is 1. The first-order chi connectivity index (χ1) is 14.8. The molecule has 2 aliphatic rings. The monoisotopic (exact) mass is 542 g/mol. The molecule has 1 aliphatic heterocycles. The molecule has 0 aromatic heterocycles. The number of ether oxygens (including phenoxy) is 1. The Kier molecular flexibility index (Phi) is 12.3. The van der Waals surface area contributed by atoms with Gasteiger partial charge in [0.05, 0.1) is 6.10 Å². The Balaban J connectivity index is 0.00000341. The molecule has 0 bridgehead atoms. The van der Waals surface area contributed by atoms with Crippen molar-refractivity contribution in [3.05, 3.63) is 29.8 Å². The zero-order valence-corrected chi connectivity index (χ0v) is 21.2. The van der Waals surface area contributed by atoms with Crippen molar-refractivity contribution in [2.75, 3.05) is 31.6 Å². The van der Waals surface area contributed by atoms with E-state index < -0.39 is 0 Å². The number of anilines is 1. The van der Waals surface area contributed by atoms with Gasteiger partial charge in [0.2, 0.25) is 5.91 Å². The highest BCUT2D eigenvalue weighted by atomic mass is 127. The van der Waals surface area contributed by atoms with E-state index in [1.807, 2.05) is 17.0 Å². The first-order valence-corrected chi connectivity index (χ1v) is 11.7. The van der Waals surface area contributed by atoms with Gasteiger partial charge in [-0.25, -0.2) is 0 Å². The maximum atomic E-state index is 11.9. The largest absolute Gasteiger partial charge is 0.378 e. The summed E-state index contributed by atoms with van der Waals surface area (Å²) in [4.78, 5) is 18.0. The molecule has 0 unspecified atom stereocenters. The second kappa shape index (κ2) is 14.7. The van der Waals surface area contributed by atoms with Crippen LogP contribution in [0.3, 0.4) is 0 Å². The van der Waals surface area contributed by atoms with Gasteiger partial charge in [0.25, 0.3) is 0 Å². The number of rotatable bonds is 10. The number of unbranched alkanes of at least 4 members (excludes halogenated alkanes) is 2. The molecule has 1 saturated carbocycles. The van der Waals surface area contributed by atoms with Crippen LogP contribution in [0, 0.1) is 0 Å². The normalized spacial score (nSPS) is 17.5. The van der Waals surface area contributed by atoms with Crippen LogP contribution < -0.4 is 15.5 Å². The quantitative estimate of drug-likeness (QED) is 0.196. The number of nitrogens with one attached hydrogen (secondary N) is 2. The Hall–Kier alpha value is -1.35. The first-order valence-electron chi connectivity index (χ1n) is 11.7. The Morgan fingerprint density at radius 3 is 2.52 bits per heavy atom. The fourth-order valence-corrected chi connectivity index (χ4v) is 4.21. The van der Waals surface area contributed by atoms with Crippen LogP contribution in [0.15, 0.2) is 29.3 Å². The molecule has 1 heterocycles. The molecule has 0 radical (unpaired) electrons. The molecule has 1 amide bonds. The highest BCUT2D eigenvalue weighted by Gasteiger charge is 2.21. The predicted octanol–water partition coefficient (Wildman–Crippen LogP) is 4.62. The van der Waals surface area contributed by atoms with Gasteiger partial charge < -0.3 is 20.3 Å². The molecule has 7 heteroatoms. The van der Waals surface area contributed by atoms with Gasteiger partial charge in [-0.15, -0.1) is 24.0 Å². The third-order valence-corrected chi connectivity index (χ3v) is 6.02. The first kappa shape index (κ1) is 25.9. The van der Waals surface area contributed by atoms with E-state index in [9.17, 15) is 4.79 Å². The molecule has 2 N–H and O–H groups in total. The summed E-state index contributed by atoms with van der Waals surface area (Å²) in [5, 5.41) is 6.75. The Morgan fingerprint density at radius 1 is 1.06 bits per heavy atom. The van der Waals surface area contributed by atoms with Crippen LogP contribution in [0.4, 0.5) is 5.69 Å². The van der Waals surface area contributed by atoms with Crippen LogP contribution in [-0.4, -0.2) is 44.7 Å². The number of guanidine groups is 1. The van der Waals surface area contributed by atoms with E-state index in [2.05, 4.69) is 27.8 Å². The average molecular weight is 543 g/mol. The van der Waals surface area contributed by atoms with Crippen molar-refractivity contribution in [3.63, 3.8) is 0 Å². The lowest BCUT2D eigenvalue weighted by Gasteiger charge is -2.21. The standard InChI is InChI=1S/C24H38N4O2.HI/c1-25-24(26-16-6-3-7-18-30-22-9-4-2-5-10-22)27-19-20-12-14-21(15-13-20)28-17-8-11-23(28)29;/h12-15,22H,2-11,16-19H2,1H3,(H2,25,26,27);1H. The smallest absolute Gasteiger partial charge is 0.227 e. The van der Waals surface area contributed by atoms with Crippen LogP contribution in [-0.2, 0) is 16.1 Å². The lowest BCUT2D eigenvalue weighted by Crippen LogP contribution is -2.37. The third kappa shape index (κ3) is 8.96. The molecule has 1 aromatic rings. The van der Waals surface area contributed by atoms with Crippen LogP contribution in [0.2, 0.25) is 0 Å². The SMILES string of the molecule is CN=C(NCCCCCOC1CCCCC1)NCc1ccc(N2CCCC2=O)cc1.I. The zero-order chi connectivity index (χ0) is 21.0. The fourth-order valence-electron chi connectivity index (χ4n) is 4.21. The van der Waals surface area contributed by atoms with Gasteiger partial charge in [0.15, 0.2) is 5.96 Å². The summed E-state index contributed by atoms with van der Waals surface area (Å²) in [5.74, 6) is 1.05. The summed E-state index contributed by atoms with van der Waals surface area (Å²) in [6, 6.07) is 8.22. The zero-order valence-electron chi connectivity index (χ0n) is 18.9. The van der Waals surface area contributed by atoms with Gasteiger partial charge in [0, 0.05) is 45.4 Å².